The molecule has 0 spiro atoms. The first-order valence-corrected chi connectivity index (χ1v) is 8.15. The van der Waals surface area contributed by atoms with Crippen molar-refractivity contribution in [1.29, 1.82) is 0 Å². The third-order valence-electron chi connectivity index (χ3n) is 3.15. The van der Waals surface area contributed by atoms with Gasteiger partial charge in [-0.05, 0) is 29.6 Å². The Morgan fingerprint density at radius 3 is 2.78 bits per heavy atom. The first kappa shape index (κ1) is 17.3. The Kier molecular flexibility index (Phi) is 6.01. The zero-order valence-electron chi connectivity index (χ0n) is 12.8. The molecule has 7 heteroatoms. The molecule has 1 aromatic heterocycles. The zero-order valence-corrected chi connectivity index (χ0v) is 14.4. The van der Waals surface area contributed by atoms with Crippen LogP contribution in [0.4, 0.5) is 5.69 Å². The number of likely N-dealkylation sites (N-methyl/N-ethyl adjacent to an activating group) is 1. The van der Waals surface area contributed by atoms with Crippen LogP contribution in [0.5, 0.6) is 5.75 Å². The van der Waals surface area contributed by atoms with Gasteiger partial charge in [-0.25, -0.2) is 0 Å². The number of hydrogen-bond donors (Lipinski definition) is 1. The second kappa shape index (κ2) is 7.99. The maximum Gasteiger partial charge on any atom is 0.244 e. The van der Waals surface area contributed by atoms with E-state index in [-0.39, 0.29) is 18.4 Å². The zero-order chi connectivity index (χ0) is 16.8. The Balaban J connectivity index is 1.93. The molecule has 122 valence electrons. The molecule has 0 fully saturated rings. The molecule has 0 saturated heterocycles. The van der Waals surface area contributed by atoms with Crippen LogP contribution < -0.4 is 10.1 Å². The molecule has 1 N–H and O–H groups in total. The van der Waals surface area contributed by atoms with Gasteiger partial charge in [-0.15, -0.1) is 11.3 Å². The fraction of sp³-hybridized carbons (Fsp3) is 0.250. The molecule has 2 rings (SSSR count). The molecule has 2 aromatic rings. The van der Waals surface area contributed by atoms with Crippen molar-refractivity contribution in [2.45, 2.75) is 6.42 Å². The first-order chi connectivity index (χ1) is 11.0. The number of ether oxygens (including phenoxy) is 1. The molecule has 0 aliphatic heterocycles. The van der Waals surface area contributed by atoms with Gasteiger partial charge in [0.15, 0.2) is 0 Å². The largest absolute Gasteiger partial charge is 0.495 e. The molecule has 1 heterocycles. The van der Waals surface area contributed by atoms with Crippen molar-refractivity contribution in [1.82, 2.24) is 4.90 Å². The number of anilines is 1. The summed E-state index contributed by atoms with van der Waals surface area (Å²) in [5, 5.41) is 5.11. The van der Waals surface area contributed by atoms with E-state index in [1.807, 2.05) is 17.5 Å². The van der Waals surface area contributed by atoms with Crippen molar-refractivity contribution in [3.63, 3.8) is 0 Å². The van der Waals surface area contributed by atoms with Gasteiger partial charge >= 0.3 is 0 Å². The summed E-state index contributed by atoms with van der Waals surface area (Å²) < 4.78 is 5.17. The van der Waals surface area contributed by atoms with Crippen LogP contribution in [-0.2, 0) is 16.0 Å². The van der Waals surface area contributed by atoms with Crippen LogP contribution >= 0.6 is 22.9 Å². The third kappa shape index (κ3) is 4.97. The van der Waals surface area contributed by atoms with Gasteiger partial charge in [0.05, 0.1) is 25.8 Å². The Bertz CT molecular complexity index is 689. The maximum atomic E-state index is 12.1. The molecule has 0 bridgehead atoms. The van der Waals surface area contributed by atoms with Crippen molar-refractivity contribution in [2.24, 2.45) is 0 Å². The molecule has 5 nitrogen and oxygen atoms in total. The van der Waals surface area contributed by atoms with Crippen LogP contribution in [0.25, 0.3) is 0 Å². The van der Waals surface area contributed by atoms with E-state index in [2.05, 4.69) is 5.32 Å². The molecule has 0 aliphatic carbocycles. The molecular formula is C16H17ClN2O3S. The van der Waals surface area contributed by atoms with Crippen molar-refractivity contribution < 1.29 is 14.3 Å². The summed E-state index contributed by atoms with van der Waals surface area (Å²) in [7, 11) is 3.11. The van der Waals surface area contributed by atoms with E-state index in [9.17, 15) is 9.59 Å². The molecule has 0 unspecified atom stereocenters. The summed E-state index contributed by atoms with van der Waals surface area (Å²) in [5.41, 5.74) is 0.476. The monoisotopic (exact) mass is 352 g/mol. The highest BCUT2D eigenvalue weighted by atomic mass is 35.5. The van der Waals surface area contributed by atoms with Crippen molar-refractivity contribution in [2.75, 3.05) is 26.0 Å². The molecule has 2 amide bonds. The van der Waals surface area contributed by atoms with Crippen LogP contribution in [0, 0.1) is 0 Å². The second-order valence-corrected chi connectivity index (χ2v) is 6.37. The summed E-state index contributed by atoms with van der Waals surface area (Å²) in [6.07, 6.45) is 0.294. The predicted octanol–water partition coefficient (Wildman–Crippen LogP) is 3.05. The number of thiophene rings is 1. The topological polar surface area (TPSA) is 58.6 Å². The summed E-state index contributed by atoms with van der Waals surface area (Å²) >= 11 is 7.44. The molecule has 0 saturated carbocycles. The summed E-state index contributed by atoms with van der Waals surface area (Å²) in [4.78, 5) is 26.6. The lowest BCUT2D eigenvalue weighted by Gasteiger charge is -2.17. The van der Waals surface area contributed by atoms with Crippen molar-refractivity contribution in [3.8, 4) is 5.75 Å². The number of carbonyl (C=O) groups is 2. The molecule has 1 aromatic carbocycles. The quantitative estimate of drug-likeness (QED) is 0.869. The smallest absolute Gasteiger partial charge is 0.244 e. The second-order valence-electron chi connectivity index (χ2n) is 4.90. The van der Waals surface area contributed by atoms with E-state index >= 15 is 0 Å². The fourth-order valence-electron chi connectivity index (χ4n) is 1.97. The van der Waals surface area contributed by atoms with E-state index in [4.69, 9.17) is 16.3 Å². The molecule has 23 heavy (non-hydrogen) atoms. The van der Waals surface area contributed by atoms with Crippen LogP contribution in [-0.4, -0.2) is 37.4 Å². The Hall–Kier alpha value is -2.05. The third-order valence-corrected chi connectivity index (χ3v) is 4.26. The first-order valence-electron chi connectivity index (χ1n) is 6.89. The molecular weight excluding hydrogens is 336 g/mol. The number of benzene rings is 1. The van der Waals surface area contributed by atoms with Gasteiger partial charge in [-0.1, -0.05) is 17.7 Å². The summed E-state index contributed by atoms with van der Waals surface area (Å²) in [6, 6.07) is 8.74. The number of nitrogens with one attached hydrogen (secondary N) is 1. The lowest BCUT2D eigenvalue weighted by Crippen LogP contribution is -2.35. The number of hydrogen-bond acceptors (Lipinski definition) is 4. The number of halogens is 1. The summed E-state index contributed by atoms with van der Waals surface area (Å²) in [6.45, 7) is -0.0418. The number of rotatable bonds is 6. The Labute approximate surface area is 143 Å². The normalized spacial score (nSPS) is 10.2. The number of methoxy groups -OCH3 is 1. The van der Waals surface area contributed by atoms with E-state index < -0.39 is 0 Å². The highest BCUT2D eigenvalue weighted by Gasteiger charge is 2.15. The fourth-order valence-corrected chi connectivity index (χ4v) is 2.84. The lowest BCUT2D eigenvalue weighted by molar-refractivity contribution is -0.132. The minimum Gasteiger partial charge on any atom is -0.495 e. The van der Waals surface area contributed by atoms with Crippen molar-refractivity contribution in [3.05, 3.63) is 45.6 Å². The van der Waals surface area contributed by atoms with Gasteiger partial charge in [0, 0.05) is 16.9 Å². The van der Waals surface area contributed by atoms with Crippen LogP contribution in [0.2, 0.25) is 5.02 Å². The van der Waals surface area contributed by atoms with E-state index in [1.165, 1.54) is 23.3 Å². The standard InChI is InChI=1S/C16H17ClN2O3S/c1-19(16(21)9-12-4-3-7-23-12)10-15(20)18-13-8-11(17)5-6-14(13)22-2/h3-8H,9-10H2,1-2H3,(H,18,20). The number of nitrogens with zero attached hydrogens (tertiary/aromatic N) is 1. The average Bonchev–Trinajstić information content (AvgIpc) is 3.00. The molecule has 0 aliphatic rings. The minimum atomic E-state index is -0.312. The van der Waals surface area contributed by atoms with Crippen LogP contribution in [0.15, 0.2) is 35.7 Å². The average molecular weight is 353 g/mol. The van der Waals surface area contributed by atoms with Gasteiger partial charge in [0.1, 0.15) is 5.75 Å². The maximum absolute atomic E-state index is 12.1. The summed E-state index contributed by atoms with van der Waals surface area (Å²) in [5.74, 6) is 0.0866. The van der Waals surface area contributed by atoms with Gasteiger partial charge in [0.2, 0.25) is 11.8 Å². The van der Waals surface area contributed by atoms with E-state index in [1.54, 1.807) is 25.2 Å². The highest BCUT2D eigenvalue weighted by Crippen LogP contribution is 2.27. The van der Waals surface area contributed by atoms with Gasteiger partial charge < -0.3 is 15.0 Å². The Morgan fingerprint density at radius 2 is 2.13 bits per heavy atom. The van der Waals surface area contributed by atoms with E-state index in [0.29, 0.717) is 22.9 Å². The van der Waals surface area contributed by atoms with Crippen molar-refractivity contribution >= 4 is 40.4 Å². The number of amides is 2. The molecule has 0 atom stereocenters. The van der Waals surface area contributed by atoms with Gasteiger partial charge in [-0.2, -0.15) is 0 Å². The Morgan fingerprint density at radius 1 is 1.35 bits per heavy atom. The SMILES string of the molecule is COc1ccc(Cl)cc1NC(=O)CN(C)C(=O)Cc1cccs1. The lowest BCUT2D eigenvalue weighted by atomic mass is 10.3. The number of carbonyl (C=O) groups excluding carboxylic acids is 2. The van der Waals surface area contributed by atoms with Crippen LogP contribution in [0.3, 0.4) is 0 Å². The van der Waals surface area contributed by atoms with Gasteiger partial charge in [-0.3, -0.25) is 9.59 Å². The van der Waals surface area contributed by atoms with Crippen LogP contribution in [0.1, 0.15) is 4.88 Å². The van der Waals surface area contributed by atoms with Gasteiger partial charge in [0.25, 0.3) is 0 Å². The van der Waals surface area contributed by atoms with E-state index in [0.717, 1.165) is 4.88 Å². The molecule has 0 radical (unpaired) electrons. The predicted molar refractivity (Wildman–Crippen MR) is 92.3 cm³/mol. The minimum absolute atomic E-state index is 0.0418. The highest BCUT2D eigenvalue weighted by molar-refractivity contribution is 7.10.